The minimum Gasteiger partial charge on any atom is -0.356 e. The Kier molecular flexibility index (Phi) is 6.75. The third kappa shape index (κ3) is 4.75. The molecule has 0 spiro atoms. The summed E-state index contributed by atoms with van der Waals surface area (Å²) < 4.78 is 40.2. The summed E-state index contributed by atoms with van der Waals surface area (Å²) >= 11 is 0. The van der Waals surface area contributed by atoms with Crippen molar-refractivity contribution >= 4 is 11.8 Å². The molecule has 7 heteroatoms. The van der Waals surface area contributed by atoms with Gasteiger partial charge in [0, 0.05) is 25.6 Å². The highest BCUT2D eigenvalue weighted by molar-refractivity contribution is 5.94. The van der Waals surface area contributed by atoms with Gasteiger partial charge in [-0.15, -0.1) is 0 Å². The lowest BCUT2D eigenvalue weighted by Gasteiger charge is -2.31. The van der Waals surface area contributed by atoms with Crippen molar-refractivity contribution in [3.05, 3.63) is 46.8 Å². The minimum atomic E-state index is -1.65. The molecular weight excluding hydrogens is 369 g/mol. The van der Waals surface area contributed by atoms with Gasteiger partial charge in [-0.3, -0.25) is 9.59 Å². The van der Waals surface area contributed by atoms with Gasteiger partial charge < -0.3 is 10.2 Å². The maximum Gasteiger partial charge on any atom is 0.256 e. The molecule has 1 heterocycles. The summed E-state index contributed by atoms with van der Waals surface area (Å²) in [6.45, 7) is 1.17. The molecule has 28 heavy (non-hydrogen) atoms. The van der Waals surface area contributed by atoms with E-state index < -0.39 is 28.9 Å². The maximum absolute atomic E-state index is 13.8. The first-order chi connectivity index (χ1) is 13.5. The number of nitrogens with one attached hydrogen (secondary N) is 1. The Morgan fingerprint density at radius 3 is 2.50 bits per heavy atom. The number of carbonyl (C=O) groups excluding carboxylic acids is 2. The van der Waals surface area contributed by atoms with Crippen LogP contribution in [0.5, 0.6) is 0 Å². The Morgan fingerprint density at radius 1 is 1.07 bits per heavy atom. The molecular formula is C21H25F3N2O2. The zero-order valence-corrected chi connectivity index (χ0v) is 15.8. The summed E-state index contributed by atoms with van der Waals surface area (Å²) in [5.41, 5.74) is 0.920. The highest BCUT2D eigenvalue weighted by Gasteiger charge is 2.29. The van der Waals surface area contributed by atoms with Crippen molar-refractivity contribution in [3.8, 4) is 0 Å². The molecule has 2 aliphatic rings. The number of nitrogens with zero attached hydrogens (tertiary/aromatic N) is 1. The van der Waals surface area contributed by atoms with E-state index in [0.29, 0.717) is 19.4 Å². The molecule has 0 bridgehead atoms. The van der Waals surface area contributed by atoms with E-state index in [0.717, 1.165) is 31.4 Å². The third-order valence-corrected chi connectivity index (χ3v) is 5.55. The van der Waals surface area contributed by atoms with Crippen molar-refractivity contribution in [1.29, 1.82) is 0 Å². The quantitative estimate of drug-likeness (QED) is 0.607. The number of hydrogen-bond donors (Lipinski definition) is 1. The number of piperidine rings is 1. The van der Waals surface area contributed by atoms with E-state index in [1.807, 2.05) is 0 Å². The fourth-order valence-electron chi connectivity index (χ4n) is 3.83. The van der Waals surface area contributed by atoms with Crippen LogP contribution in [0, 0.1) is 23.4 Å². The number of amides is 2. The Morgan fingerprint density at radius 2 is 1.82 bits per heavy atom. The van der Waals surface area contributed by atoms with Crippen LogP contribution in [0.4, 0.5) is 13.2 Å². The molecule has 0 radical (unpaired) electrons. The molecule has 152 valence electrons. The van der Waals surface area contributed by atoms with Crippen molar-refractivity contribution in [3.63, 3.8) is 0 Å². The summed E-state index contributed by atoms with van der Waals surface area (Å²) in [4.78, 5) is 26.1. The van der Waals surface area contributed by atoms with Crippen molar-refractivity contribution < 1.29 is 22.8 Å². The van der Waals surface area contributed by atoms with Crippen LogP contribution in [-0.2, 0) is 4.79 Å². The molecule has 3 rings (SSSR count). The van der Waals surface area contributed by atoms with Crippen LogP contribution >= 0.6 is 0 Å². The molecule has 1 aliphatic carbocycles. The zero-order chi connectivity index (χ0) is 20.1. The molecule has 1 fully saturated rings. The number of carbonyl (C=O) groups is 2. The van der Waals surface area contributed by atoms with Gasteiger partial charge in [0.2, 0.25) is 5.91 Å². The smallest absolute Gasteiger partial charge is 0.256 e. The second-order valence-corrected chi connectivity index (χ2v) is 7.44. The average Bonchev–Trinajstić information content (AvgIpc) is 2.72. The van der Waals surface area contributed by atoms with Gasteiger partial charge in [-0.05, 0) is 57.1 Å². The predicted molar refractivity (Wildman–Crippen MR) is 99.1 cm³/mol. The Hall–Kier alpha value is -2.31. The molecule has 0 unspecified atom stereocenters. The second-order valence-electron chi connectivity index (χ2n) is 7.44. The molecule has 1 aromatic carbocycles. The highest BCUT2D eigenvalue weighted by atomic mass is 19.2. The molecule has 0 saturated carbocycles. The summed E-state index contributed by atoms with van der Waals surface area (Å²) in [6.07, 6.45) is 8.74. The van der Waals surface area contributed by atoms with E-state index in [4.69, 9.17) is 0 Å². The number of likely N-dealkylation sites (tertiary alicyclic amines) is 1. The molecule has 0 atom stereocenters. The van der Waals surface area contributed by atoms with Gasteiger partial charge in [-0.2, -0.15) is 0 Å². The normalized spacial score (nSPS) is 18.0. The van der Waals surface area contributed by atoms with Gasteiger partial charge in [-0.25, -0.2) is 13.2 Å². The maximum atomic E-state index is 13.8. The average molecular weight is 394 g/mol. The summed E-state index contributed by atoms with van der Waals surface area (Å²) in [6, 6.07) is 1.70. The Labute approximate surface area is 162 Å². The number of allylic oxidation sites excluding steroid dienone is 1. The summed E-state index contributed by atoms with van der Waals surface area (Å²) in [7, 11) is 0. The first kappa shape index (κ1) is 20.4. The van der Waals surface area contributed by atoms with Gasteiger partial charge in [0.05, 0.1) is 5.56 Å². The minimum absolute atomic E-state index is 0.0254. The molecule has 2 amide bonds. The largest absolute Gasteiger partial charge is 0.356 e. The SMILES string of the molecule is O=C(NCCC1=CCCCC1)C1CCN(C(=O)c2ccc(F)c(F)c2F)CC1. The van der Waals surface area contributed by atoms with Gasteiger partial charge in [0.15, 0.2) is 17.5 Å². The monoisotopic (exact) mass is 394 g/mol. The Bertz CT molecular complexity index is 771. The predicted octanol–water partition coefficient (Wildman–Crippen LogP) is 3.96. The van der Waals surface area contributed by atoms with Crippen molar-refractivity contribution in [2.45, 2.75) is 44.9 Å². The van der Waals surface area contributed by atoms with Gasteiger partial charge in [-0.1, -0.05) is 11.6 Å². The van der Waals surface area contributed by atoms with Crippen molar-refractivity contribution in [2.75, 3.05) is 19.6 Å². The number of rotatable bonds is 5. The number of halogens is 3. The van der Waals surface area contributed by atoms with Crippen molar-refractivity contribution in [2.24, 2.45) is 5.92 Å². The molecule has 4 nitrogen and oxygen atoms in total. The first-order valence-electron chi connectivity index (χ1n) is 9.85. The zero-order valence-electron chi connectivity index (χ0n) is 15.8. The lowest BCUT2D eigenvalue weighted by Crippen LogP contribution is -2.43. The summed E-state index contributed by atoms with van der Waals surface area (Å²) in [5.74, 6) is -5.34. The molecule has 1 aliphatic heterocycles. The standard InChI is InChI=1S/C21H25F3N2O2/c22-17-7-6-16(18(23)19(17)24)21(28)26-12-9-15(10-13-26)20(27)25-11-8-14-4-2-1-3-5-14/h4,6-7,15H,1-3,5,8-13H2,(H,25,27). The van der Waals surface area contributed by atoms with Crippen molar-refractivity contribution in [1.82, 2.24) is 10.2 Å². The second kappa shape index (κ2) is 9.26. The molecule has 1 aromatic rings. The van der Waals surface area contributed by atoms with E-state index >= 15 is 0 Å². The molecule has 0 aromatic heterocycles. The molecule has 1 N–H and O–H groups in total. The fourth-order valence-corrected chi connectivity index (χ4v) is 3.83. The highest BCUT2D eigenvalue weighted by Crippen LogP contribution is 2.23. The van der Waals surface area contributed by atoms with Crippen LogP contribution in [-0.4, -0.2) is 36.3 Å². The lowest BCUT2D eigenvalue weighted by atomic mass is 9.94. The van der Waals surface area contributed by atoms with Crippen LogP contribution in [0.3, 0.4) is 0 Å². The fraction of sp³-hybridized carbons (Fsp3) is 0.524. The first-order valence-corrected chi connectivity index (χ1v) is 9.85. The van der Waals surface area contributed by atoms with Crippen LogP contribution in [0.15, 0.2) is 23.8 Å². The topological polar surface area (TPSA) is 49.4 Å². The lowest BCUT2D eigenvalue weighted by molar-refractivity contribution is -0.126. The van der Waals surface area contributed by atoms with Gasteiger partial charge in [0.25, 0.3) is 5.91 Å². The number of benzene rings is 1. The van der Waals surface area contributed by atoms with Crippen LogP contribution in [0.1, 0.15) is 55.3 Å². The summed E-state index contributed by atoms with van der Waals surface area (Å²) in [5, 5.41) is 2.96. The van der Waals surface area contributed by atoms with E-state index in [1.54, 1.807) is 0 Å². The molecule has 1 saturated heterocycles. The number of hydrogen-bond acceptors (Lipinski definition) is 2. The van der Waals surface area contributed by atoms with E-state index in [9.17, 15) is 22.8 Å². The van der Waals surface area contributed by atoms with Gasteiger partial charge in [0.1, 0.15) is 0 Å². The van der Waals surface area contributed by atoms with Crippen LogP contribution in [0.2, 0.25) is 0 Å². The van der Waals surface area contributed by atoms with Crippen LogP contribution in [0.25, 0.3) is 0 Å². The van der Waals surface area contributed by atoms with Crippen LogP contribution < -0.4 is 5.32 Å². The third-order valence-electron chi connectivity index (χ3n) is 5.55. The van der Waals surface area contributed by atoms with E-state index in [-0.39, 0.29) is 24.9 Å². The Balaban J connectivity index is 1.47. The van der Waals surface area contributed by atoms with Gasteiger partial charge >= 0.3 is 0 Å². The van der Waals surface area contributed by atoms with E-state index in [1.165, 1.54) is 23.3 Å². The van der Waals surface area contributed by atoms with E-state index in [2.05, 4.69) is 11.4 Å².